The van der Waals surface area contributed by atoms with E-state index in [-0.39, 0.29) is 34.9 Å². The number of carbonyl (C=O) groups is 1. The van der Waals surface area contributed by atoms with E-state index >= 15 is 0 Å². The highest BCUT2D eigenvalue weighted by Crippen LogP contribution is 2.25. The first-order valence-electron chi connectivity index (χ1n) is 7.33. The molecule has 0 radical (unpaired) electrons. The van der Waals surface area contributed by atoms with Crippen LogP contribution in [0.1, 0.15) is 29.8 Å². The Balaban J connectivity index is 1.66. The molecule has 0 saturated heterocycles. The summed E-state index contributed by atoms with van der Waals surface area (Å²) in [4.78, 5) is 12.0. The number of rotatable bonds is 4. The minimum absolute atomic E-state index is 0.0851. The molecule has 1 aliphatic rings. The fourth-order valence-corrected chi connectivity index (χ4v) is 2.74. The van der Waals surface area contributed by atoms with Crippen LogP contribution in [0.5, 0.6) is 0 Å². The molecule has 0 aliphatic heterocycles. The molecule has 1 heterocycles. The topological polar surface area (TPSA) is 75.4 Å². The SMILES string of the molecule is O=C(NCC1CCCC1O)c1cc(-c2ccccc2F)on1. The van der Waals surface area contributed by atoms with Gasteiger partial charge in [0.05, 0.1) is 11.7 Å². The number of hydrogen-bond acceptors (Lipinski definition) is 4. The molecule has 2 unspecified atom stereocenters. The van der Waals surface area contributed by atoms with Gasteiger partial charge in [-0.3, -0.25) is 4.79 Å². The van der Waals surface area contributed by atoms with E-state index in [2.05, 4.69) is 10.5 Å². The lowest BCUT2D eigenvalue weighted by atomic mass is 10.1. The molecule has 3 rings (SSSR count). The molecule has 1 aromatic heterocycles. The summed E-state index contributed by atoms with van der Waals surface area (Å²) < 4.78 is 18.7. The van der Waals surface area contributed by atoms with Crippen LogP contribution in [0.15, 0.2) is 34.9 Å². The number of nitrogens with one attached hydrogen (secondary N) is 1. The third-order valence-corrected chi connectivity index (χ3v) is 4.03. The van der Waals surface area contributed by atoms with Gasteiger partial charge in [-0.15, -0.1) is 0 Å². The number of nitrogens with zero attached hydrogens (tertiary/aromatic N) is 1. The van der Waals surface area contributed by atoms with Crippen LogP contribution in [0.3, 0.4) is 0 Å². The predicted molar refractivity (Wildman–Crippen MR) is 77.6 cm³/mol. The van der Waals surface area contributed by atoms with Gasteiger partial charge in [0.2, 0.25) is 0 Å². The van der Waals surface area contributed by atoms with Crippen molar-refractivity contribution >= 4 is 5.91 Å². The van der Waals surface area contributed by atoms with Gasteiger partial charge < -0.3 is 14.9 Å². The molecule has 22 heavy (non-hydrogen) atoms. The summed E-state index contributed by atoms with van der Waals surface area (Å²) in [7, 11) is 0. The lowest BCUT2D eigenvalue weighted by molar-refractivity contribution is 0.0908. The van der Waals surface area contributed by atoms with Gasteiger partial charge in [0.15, 0.2) is 11.5 Å². The number of amides is 1. The molecular weight excluding hydrogens is 287 g/mol. The molecule has 2 N–H and O–H groups in total. The Morgan fingerprint density at radius 1 is 1.41 bits per heavy atom. The van der Waals surface area contributed by atoms with Gasteiger partial charge in [-0.2, -0.15) is 0 Å². The first-order valence-corrected chi connectivity index (χ1v) is 7.33. The van der Waals surface area contributed by atoms with E-state index in [9.17, 15) is 14.3 Å². The molecule has 1 saturated carbocycles. The highest BCUT2D eigenvalue weighted by molar-refractivity contribution is 5.93. The van der Waals surface area contributed by atoms with Gasteiger partial charge in [-0.25, -0.2) is 4.39 Å². The Labute approximate surface area is 127 Å². The summed E-state index contributed by atoms with van der Waals surface area (Å²) >= 11 is 0. The van der Waals surface area contributed by atoms with Crippen LogP contribution in [0, 0.1) is 11.7 Å². The number of carbonyl (C=O) groups excluding carboxylic acids is 1. The predicted octanol–water partition coefficient (Wildman–Crippen LogP) is 2.37. The van der Waals surface area contributed by atoms with Crippen molar-refractivity contribution in [3.8, 4) is 11.3 Å². The van der Waals surface area contributed by atoms with Gasteiger partial charge in [0.1, 0.15) is 5.82 Å². The second-order valence-corrected chi connectivity index (χ2v) is 5.52. The fourth-order valence-electron chi connectivity index (χ4n) is 2.74. The van der Waals surface area contributed by atoms with Gasteiger partial charge in [0.25, 0.3) is 5.91 Å². The average Bonchev–Trinajstić information content (AvgIpc) is 3.14. The third-order valence-electron chi connectivity index (χ3n) is 4.03. The normalized spacial score (nSPS) is 21.0. The van der Waals surface area contributed by atoms with E-state index < -0.39 is 5.82 Å². The lowest BCUT2D eigenvalue weighted by Gasteiger charge is -2.14. The molecule has 1 aliphatic carbocycles. The summed E-state index contributed by atoms with van der Waals surface area (Å²) in [5, 5.41) is 16.1. The van der Waals surface area contributed by atoms with Gasteiger partial charge in [0, 0.05) is 18.5 Å². The molecule has 0 bridgehead atoms. The number of benzene rings is 1. The fraction of sp³-hybridized carbons (Fsp3) is 0.375. The van der Waals surface area contributed by atoms with Crippen LogP contribution in [0.2, 0.25) is 0 Å². The van der Waals surface area contributed by atoms with Crippen LogP contribution >= 0.6 is 0 Å². The summed E-state index contributed by atoms with van der Waals surface area (Å²) in [5.74, 6) is -0.517. The molecule has 116 valence electrons. The smallest absolute Gasteiger partial charge is 0.273 e. The third kappa shape index (κ3) is 3.01. The largest absolute Gasteiger partial charge is 0.393 e. The Hall–Kier alpha value is -2.21. The van der Waals surface area contributed by atoms with Crippen molar-refractivity contribution in [1.82, 2.24) is 10.5 Å². The first kappa shape index (κ1) is 14.7. The number of hydrogen-bond donors (Lipinski definition) is 2. The van der Waals surface area contributed by atoms with Crippen molar-refractivity contribution in [2.24, 2.45) is 5.92 Å². The van der Waals surface area contributed by atoms with E-state index in [1.54, 1.807) is 18.2 Å². The van der Waals surface area contributed by atoms with Gasteiger partial charge in [-0.05, 0) is 25.0 Å². The maximum atomic E-state index is 13.7. The van der Waals surface area contributed by atoms with Crippen molar-refractivity contribution in [2.75, 3.05) is 6.54 Å². The van der Waals surface area contributed by atoms with Crippen LogP contribution in [0.25, 0.3) is 11.3 Å². The maximum absolute atomic E-state index is 13.7. The van der Waals surface area contributed by atoms with E-state index in [0.717, 1.165) is 19.3 Å². The Morgan fingerprint density at radius 3 is 2.95 bits per heavy atom. The zero-order valence-corrected chi connectivity index (χ0v) is 12.0. The highest BCUT2D eigenvalue weighted by atomic mass is 19.1. The Bertz CT molecular complexity index is 671. The number of halogens is 1. The van der Waals surface area contributed by atoms with Crippen LogP contribution < -0.4 is 5.32 Å². The first-order chi connectivity index (χ1) is 10.6. The van der Waals surface area contributed by atoms with Crippen molar-refractivity contribution in [3.05, 3.63) is 41.8 Å². The minimum atomic E-state index is -0.431. The number of aliphatic hydroxyl groups excluding tert-OH is 1. The van der Waals surface area contributed by atoms with Crippen LogP contribution in [0.4, 0.5) is 4.39 Å². The molecular formula is C16H17FN2O3. The summed E-state index contributed by atoms with van der Waals surface area (Å²) in [6.45, 7) is 0.405. The average molecular weight is 304 g/mol. The van der Waals surface area contributed by atoms with E-state index in [1.807, 2.05) is 0 Å². The van der Waals surface area contributed by atoms with Crippen molar-refractivity contribution in [1.29, 1.82) is 0 Å². The van der Waals surface area contributed by atoms with Gasteiger partial charge in [-0.1, -0.05) is 23.7 Å². The molecule has 1 fully saturated rings. The minimum Gasteiger partial charge on any atom is -0.393 e. The van der Waals surface area contributed by atoms with E-state index in [4.69, 9.17) is 4.52 Å². The summed E-state index contributed by atoms with van der Waals surface area (Å²) in [5.41, 5.74) is 0.367. The summed E-state index contributed by atoms with van der Waals surface area (Å²) in [6, 6.07) is 7.56. The van der Waals surface area contributed by atoms with Crippen molar-refractivity contribution < 1.29 is 18.8 Å². The number of aromatic nitrogens is 1. The zero-order chi connectivity index (χ0) is 15.5. The second-order valence-electron chi connectivity index (χ2n) is 5.52. The Kier molecular flexibility index (Phi) is 4.20. The lowest BCUT2D eigenvalue weighted by Crippen LogP contribution is -2.32. The molecule has 6 heteroatoms. The molecule has 0 spiro atoms. The summed E-state index contributed by atoms with van der Waals surface area (Å²) in [6.07, 6.45) is 2.30. The van der Waals surface area contributed by atoms with Crippen molar-refractivity contribution in [3.63, 3.8) is 0 Å². The standard InChI is InChI=1S/C16H17FN2O3/c17-12-6-2-1-5-11(12)15-8-13(19-22-15)16(21)18-9-10-4-3-7-14(10)20/h1-2,5-6,8,10,14,20H,3-4,7,9H2,(H,18,21). The molecule has 5 nitrogen and oxygen atoms in total. The van der Waals surface area contributed by atoms with Gasteiger partial charge >= 0.3 is 0 Å². The highest BCUT2D eigenvalue weighted by Gasteiger charge is 2.26. The zero-order valence-electron chi connectivity index (χ0n) is 12.0. The van der Waals surface area contributed by atoms with Crippen molar-refractivity contribution in [2.45, 2.75) is 25.4 Å². The molecule has 1 aromatic carbocycles. The molecule has 2 aromatic rings. The molecule has 1 amide bonds. The van der Waals surface area contributed by atoms with E-state index in [0.29, 0.717) is 6.54 Å². The van der Waals surface area contributed by atoms with Crippen LogP contribution in [-0.4, -0.2) is 28.8 Å². The number of aliphatic hydroxyl groups is 1. The molecule has 2 atom stereocenters. The second kappa shape index (κ2) is 6.27. The Morgan fingerprint density at radius 2 is 2.23 bits per heavy atom. The maximum Gasteiger partial charge on any atom is 0.273 e. The quantitative estimate of drug-likeness (QED) is 0.909. The van der Waals surface area contributed by atoms with E-state index in [1.165, 1.54) is 12.1 Å². The van der Waals surface area contributed by atoms with Crippen LogP contribution in [-0.2, 0) is 0 Å². The monoisotopic (exact) mass is 304 g/mol.